The van der Waals surface area contributed by atoms with Crippen molar-refractivity contribution in [2.24, 2.45) is 0 Å². The zero-order valence-electron chi connectivity index (χ0n) is 15.7. The molecule has 1 aliphatic heterocycles. The normalized spacial score (nSPS) is 17.2. The highest BCUT2D eigenvalue weighted by Crippen LogP contribution is 2.31. The molecule has 3 rings (SSSR count). The van der Waals surface area contributed by atoms with Gasteiger partial charge in [-0.1, -0.05) is 24.3 Å². The lowest BCUT2D eigenvalue weighted by molar-refractivity contribution is -0.127. The van der Waals surface area contributed by atoms with Crippen LogP contribution in [0.4, 0.5) is 15.8 Å². The van der Waals surface area contributed by atoms with Crippen LogP contribution in [0, 0.1) is 12.7 Å². The SMILES string of the molecule is Cc1ccc(F)c(C(=O)O[C@H](C)C(=O)N2c3ccccc3CC[C@@H]2C)c1N. The fraction of sp³-hybridized carbons (Fsp3) is 0.333. The predicted molar refractivity (Wildman–Crippen MR) is 102 cm³/mol. The van der Waals surface area contributed by atoms with Crippen molar-refractivity contribution in [3.63, 3.8) is 0 Å². The Bertz CT molecular complexity index is 897. The lowest BCUT2D eigenvalue weighted by atomic mass is 9.96. The summed E-state index contributed by atoms with van der Waals surface area (Å²) in [5, 5.41) is 0. The van der Waals surface area contributed by atoms with Crippen molar-refractivity contribution in [1.82, 2.24) is 0 Å². The van der Waals surface area contributed by atoms with E-state index in [-0.39, 0.29) is 23.2 Å². The summed E-state index contributed by atoms with van der Waals surface area (Å²) in [6.45, 7) is 5.13. The van der Waals surface area contributed by atoms with E-state index in [0.717, 1.165) is 30.2 Å². The van der Waals surface area contributed by atoms with Crippen LogP contribution in [0.15, 0.2) is 36.4 Å². The zero-order valence-corrected chi connectivity index (χ0v) is 15.7. The molecule has 0 saturated heterocycles. The average Bonchev–Trinajstić information content (AvgIpc) is 2.64. The van der Waals surface area contributed by atoms with Crippen LogP contribution in [0.25, 0.3) is 0 Å². The summed E-state index contributed by atoms with van der Waals surface area (Å²) < 4.78 is 19.4. The second-order valence-corrected chi connectivity index (χ2v) is 6.93. The Morgan fingerprint density at radius 3 is 2.70 bits per heavy atom. The maximum absolute atomic E-state index is 14.1. The quantitative estimate of drug-likeness (QED) is 0.661. The van der Waals surface area contributed by atoms with Crippen LogP contribution in [0.3, 0.4) is 0 Å². The first-order chi connectivity index (χ1) is 12.8. The van der Waals surface area contributed by atoms with E-state index in [1.807, 2.05) is 31.2 Å². The molecule has 1 aliphatic rings. The summed E-state index contributed by atoms with van der Waals surface area (Å²) in [7, 11) is 0. The number of esters is 1. The van der Waals surface area contributed by atoms with Gasteiger partial charge >= 0.3 is 5.97 Å². The van der Waals surface area contributed by atoms with Gasteiger partial charge in [-0.2, -0.15) is 0 Å². The molecule has 2 atom stereocenters. The molecule has 0 aromatic heterocycles. The van der Waals surface area contributed by atoms with Gasteiger partial charge in [-0.25, -0.2) is 9.18 Å². The molecule has 0 radical (unpaired) electrons. The van der Waals surface area contributed by atoms with Crippen molar-refractivity contribution in [3.05, 3.63) is 58.9 Å². The third kappa shape index (κ3) is 3.52. The standard InChI is InChI=1S/C21H23FN2O3/c1-12-8-11-16(22)18(19(12)23)21(26)27-14(3)20(25)24-13(2)9-10-15-6-4-5-7-17(15)24/h4-8,11,13-14H,9-10,23H2,1-3H3/t13-,14+/m0/s1. The lowest BCUT2D eigenvalue weighted by Gasteiger charge is -2.36. The predicted octanol–water partition coefficient (Wildman–Crippen LogP) is 3.63. The molecule has 2 aromatic rings. The summed E-state index contributed by atoms with van der Waals surface area (Å²) in [4.78, 5) is 27.1. The molecule has 2 aromatic carbocycles. The second kappa shape index (κ2) is 7.39. The Morgan fingerprint density at radius 1 is 1.26 bits per heavy atom. The second-order valence-electron chi connectivity index (χ2n) is 6.93. The topological polar surface area (TPSA) is 72.6 Å². The largest absolute Gasteiger partial charge is 0.449 e. The van der Waals surface area contributed by atoms with Crippen LogP contribution in [0.1, 0.15) is 41.8 Å². The van der Waals surface area contributed by atoms with E-state index in [2.05, 4.69) is 0 Å². The van der Waals surface area contributed by atoms with Gasteiger partial charge in [0.15, 0.2) is 6.10 Å². The smallest absolute Gasteiger partial charge is 0.344 e. The number of hydrogen-bond acceptors (Lipinski definition) is 4. The third-order valence-corrected chi connectivity index (χ3v) is 5.01. The highest BCUT2D eigenvalue weighted by molar-refractivity contribution is 6.01. The monoisotopic (exact) mass is 370 g/mol. The Morgan fingerprint density at radius 2 is 1.96 bits per heavy atom. The molecule has 0 fully saturated rings. The molecule has 0 spiro atoms. The van der Waals surface area contributed by atoms with Gasteiger partial charge in [0.2, 0.25) is 0 Å². The summed E-state index contributed by atoms with van der Waals surface area (Å²) in [6, 6.07) is 10.3. The molecule has 5 nitrogen and oxygen atoms in total. The molecular formula is C21H23FN2O3. The first kappa shape index (κ1) is 18.9. The highest BCUT2D eigenvalue weighted by Gasteiger charge is 2.33. The van der Waals surface area contributed by atoms with Gasteiger partial charge < -0.3 is 15.4 Å². The molecule has 2 N–H and O–H groups in total. The average molecular weight is 370 g/mol. The Kier molecular flexibility index (Phi) is 5.17. The number of carbonyl (C=O) groups excluding carboxylic acids is 2. The Balaban J connectivity index is 1.83. The summed E-state index contributed by atoms with van der Waals surface area (Å²) in [5.74, 6) is -2.04. The molecule has 1 heterocycles. The van der Waals surface area contributed by atoms with E-state index in [4.69, 9.17) is 10.5 Å². The van der Waals surface area contributed by atoms with E-state index in [0.29, 0.717) is 5.56 Å². The maximum Gasteiger partial charge on any atom is 0.344 e. The van der Waals surface area contributed by atoms with Crippen LogP contribution in [0.5, 0.6) is 0 Å². The van der Waals surface area contributed by atoms with Crippen molar-refractivity contribution in [2.45, 2.75) is 45.8 Å². The number of amides is 1. The lowest BCUT2D eigenvalue weighted by Crippen LogP contribution is -2.47. The first-order valence-corrected chi connectivity index (χ1v) is 8.97. The minimum Gasteiger partial charge on any atom is -0.449 e. The van der Waals surface area contributed by atoms with Gasteiger partial charge in [0, 0.05) is 11.7 Å². The first-order valence-electron chi connectivity index (χ1n) is 8.97. The van der Waals surface area contributed by atoms with Crippen LogP contribution in [0.2, 0.25) is 0 Å². The van der Waals surface area contributed by atoms with Crippen molar-refractivity contribution < 1.29 is 18.7 Å². The van der Waals surface area contributed by atoms with E-state index < -0.39 is 17.9 Å². The van der Waals surface area contributed by atoms with E-state index in [1.54, 1.807) is 11.8 Å². The van der Waals surface area contributed by atoms with Crippen LogP contribution < -0.4 is 10.6 Å². The number of para-hydroxylation sites is 1. The van der Waals surface area contributed by atoms with E-state index in [1.165, 1.54) is 13.0 Å². The summed E-state index contributed by atoms with van der Waals surface area (Å²) in [5.41, 5.74) is 8.00. The number of hydrogen-bond donors (Lipinski definition) is 1. The van der Waals surface area contributed by atoms with Gasteiger partial charge in [-0.3, -0.25) is 4.79 Å². The van der Waals surface area contributed by atoms with Crippen LogP contribution in [-0.4, -0.2) is 24.0 Å². The molecule has 6 heteroatoms. The highest BCUT2D eigenvalue weighted by atomic mass is 19.1. The number of rotatable bonds is 3. The number of nitrogens with zero attached hydrogens (tertiary/aromatic N) is 1. The van der Waals surface area contributed by atoms with E-state index >= 15 is 0 Å². The fourth-order valence-electron chi connectivity index (χ4n) is 3.39. The fourth-order valence-corrected chi connectivity index (χ4v) is 3.39. The van der Waals surface area contributed by atoms with Crippen molar-refractivity contribution in [1.29, 1.82) is 0 Å². The van der Waals surface area contributed by atoms with Crippen LogP contribution >= 0.6 is 0 Å². The number of carbonyl (C=O) groups is 2. The number of ether oxygens (including phenoxy) is 1. The molecular weight excluding hydrogens is 347 g/mol. The number of benzene rings is 2. The van der Waals surface area contributed by atoms with Gasteiger partial charge in [-0.15, -0.1) is 0 Å². The third-order valence-electron chi connectivity index (χ3n) is 5.01. The maximum atomic E-state index is 14.1. The van der Waals surface area contributed by atoms with Crippen molar-refractivity contribution >= 4 is 23.3 Å². The minimum atomic E-state index is -1.06. The zero-order chi connectivity index (χ0) is 19.7. The number of nitrogens with two attached hydrogens (primary N) is 1. The molecule has 0 aliphatic carbocycles. The van der Waals surface area contributed by atoms with Gasteiger partial charge in [0.05, 0.1) is 5.69 Å². The molecule has 27 heavy (non-hydrogen) atoms. The Labute approximate surface area is 157 Å². The van der Waals surface area contributed by atoms with Crippen molar-refractivity contribution in [2.75, 3.05) is 10.6 Å². The summed E-state index contributed by atoms with van der Waals surface area (Å²) in [6.07, 6.45) is 0.647. The molecule has 0 bridgehead atoms. The summed E-state index contributed by atoms with van der Waals surface area (Å²) >= 11 is 0. The number of aryl methyl sites for hydroxylation is 2. The number of anilines is 2. The number of fused-ring (bicyclic) bond motifs is 1. The molecule has 0 unspecified atom stereocenters. The minimum absolute atomic E-state index is 0.0191. The van der Waals surface area contributed by atoms with E-state index in [9.17, 15) is 14.0 Å². The van der Waals surface area contributed by atoms with Crippen LogP contribution in [-0.2, 0) is 16.0 Å². The number of halogens is 1. The van der Waals surface area contributed by atoms with Crippen molar-refractivity contribution in [3.8, 4) is 0 Å². The molecule has 0 saturated carbocycles. The van der Waals surface area contributed by atoms with Gasteiger partial charge in [0.1, 0.15) is 11.4 Å². The van der Waals surface area contributed by atoms with Gasteiger partial charge in [-0.05, 0) is 56.9 Å². The number of nitrogen functional groups attached to an aromatic ring is 1. The molecule has 142 valence electrons. The molecule has 1 amide bonds. The van der Waals surface area contributed by atoms with Gasteiger partial charge in [0.25, 0.3) is 5.91 Å². The Hall–Kier alpha value is -2.89.